The zero-order chi connectivity index (χ0) is 25.1. The second-order valence-electron chi connectivity index (χ2n) is 7.76. The van der Waals surface area contributed by atoms with Crippen molar-refractivity contribution in [2.24, 2.45) is 0 Å². The fourth-order valence-electron chi connectivity index (χ4n) is 3.73. The molecule has 180 valence electrons. The van der Waals surface area contributed by atoms with Crippen LogP contribution in [0.5, 0.6) is 0 Å². The van der Waals surface area contributed by atoms with Crippen LogP contribution in [0.2, 0.25) is 0 Å². The van der Waals surface area contributed by atoms with Crippen LogP contribution in [0.15, 0.2) is 59.6 Å². The summed E-state index contributed by atoms with van der Waals surface area (Å²) < 4.78 is 19.8. The minimum Gasteiger partial charge on any atom is -0.464 e. The van der Waals surface area contributed by atoms with Gasteiger partial charge in [-0.2, -0.15) is 0 Å². The summed E-state index contributed by atoms with van der Waals surface area (Å²) in [5.74, 6) is -1.94. The first-order valence-corrected chi connectivity index (χ1v) is 11.7. The minimum atomic E-state index is -1.04. The third-order valence-corrected chi connectivity index (χ3v) is 6.27. The van der Waals surface area contributed by atoms with Crippen LogP contribution in [0.4, 0.5) is 14.9 Å². The summed E-state index contributed by atoms with van der Waals surface area (Å²) in [4.78, 5) is 51.1. The Bertz CT molecular complexity index is 1350. The van der Waals surface area contributed by atoms with Crippen LogP contribution in [0.3, 0.4) is 0 Å². The maximum atomic E-state index is 13.1. The number of ether oxygens (including phenoxy) is 1. The lowest BCUT2D eigenvalue weighted by molar-refractivity contribution is -0.150. The van der Waals surface area contributed by atoms with Crippen molar-refractivity contribution in [3.63, 3.8) is 0 Å². The van der Waals surface area contributed by atoms with Gasteiger partial charge < -0.3 is 14.6 Å². The zero-order valence-electron chi connectivity index (χ0n) is 19.0. The number of hydrogen-bond donors (Lipinski definition) is 1. The molecule has 10 heteroatoms. The second-order valence-corrected chi connectivity index (χ2v) is 8.76. The zero-order valence-corrected chi connectivity index (χ0v) is 19.8. The molecule has 2 heterocycles. The highest BCUT2D eigenvalue weighted by Crippen LogP contribution is 2.35. The van der Waals surface area contributed by atoms with Crippen molar-refractivity contribution in [1.82, 2.24) is 9.47 Å². The molecule has 3 aromatic rings. The van der Waals surface area contributed by atoms with Crippen molar-refractivity contribution >= 4 is 57.5 Å². The number of carbonyl (C=O) groups excluding carboxylic acids is 4. The molecule has 0 radical (unpaired) electrons. The van der Waals surface area contributed by atoms with Crippen molar-refractivity contribution < 1.29 is 28.3 Å². The number of rotatable bonds is 7. The van der Waals surface area contributed by atoms with Gasteiger partial charge in [0.05, 0.1) is 11.5 Å². The molecule has 4 rings (SSSR count). The molecule has 1 N–H and O–H groups in total. The minimum absolute atomic E-state index is 0.0207. The molecule has 3 amide bonds. The van der Waals surface area contributed by atoms with Gasteiger partial charge in [-0.3, -0.25) is 19.3 Å². The molecule has 0 saturated carbocycles. The molecule has 1 saturated heterocycles. The largest absolute Gasteiger partial charge is 0.464 e. The quantitative estimate of drug-likeness (QED) is 0.385. The monoisotopic (exact) mass is 495 g/mol. The summed E-state index contributed by atoms with van der Waals surface area (Å²) in [7, 11) is 0. The van der Waals surface area contributed by atoms with E-state index in [0.29, 0.717) is 11.3 Å². The van der Waals surface area contributed by atoms with E-state index in [1.165, 1.54) is 31.2 Å². The van der Waals surface area contributed by atoms with E-state index >= 15 is 0 Å². The van der Waals surface area contributed by atoms with Crippen molar-refractivity contribution in [2.75, 3.05) is 11.9 Å². The number of nitrogens with zero attached hydrogens (tertiary/aromatic N) is 2. The summed E-state index contributed by atoms with van der Waals surface area (Å²) in [6, 6.07) is 11.8. The molecule has 1 atom stereocenters. The van der Waals surface area contributed by atoms with Crippen molar-refractivity contribution in [3.8, 4) is 0 Å². The lowest BCUT2D eigenvalue weighted by atomic mass is 10.1. The standard InChI is InChI=1S/C25H22FN3O5S/c1-3-34-24(32)15(2)29-23(31)21(35-25(29)33)12-16-13-28(20-7-5-4-6-19(16)20)14-22(30)27-18-10-8-17(26)9-11-18/h4-13,15H,3,14H2,1-2H3,(H,27,30)/b21-12+/t15-/m1/s1. The lowest BCUT2D eigenvalue weighted by Crippen LogP contribution is -2.42. The Labute approximate surface area is 204 Å². The molecule has 0 aliphatic carbocycles. The van der Waals surface area contributed by atoms with E-state index in [1.807, 2.05) is 24.3 Å². The number of nitrogens with one attached hydrogen (secondary N) is 1. The van der Waals surface area contributed by atoms with E-state index in [2.05, 4.69) is 5.32 Å². The van der Waals surface area contributed by atoms with Gasteiger partial charge >= 0.3 is 5.97 Å². The van der Waals surface area contributed by atoms with E-state index in [-0.39, 0.29) is 24.0 Å². The molecule has 35 heavy (non-hydrogen) atoms. The molecule has 1 fully saturated rings. The van der Waals surface area contributed by atoms with Crippen LogP contribution in [-0.2, 0) is 25.7 Å². The van der Waals surface area contributed by atoms with Crippen molar-refractivity contribution in [2.45, 2.75) is 26.4 Å². The third kappa shape index (κ3) is 5.12. The SMILES string of the molecule is CCOC(=O)[C@@H](C)N1C(=O)S/C(=C/c2cn(CC(=O)Nc3ccc(F)cc3)c3ccccc23)C1=O. The van der Waals surface area contributed by atoms with Crippen LogP contribution < -0.4 is 5.32 Å². The highest BCUT2D eigenvalue weighted by molar-refractivity contribution is 8.18. The van der Waals surface area contributed by atoms with Crippen LogP contribution in [0.25, 0.3) is 17.0 Å². The number of amides is 3. The van der Waals surface area contributed by atoms with Crippen molar-refractivity contribution in [3.05, 3.63) is 71.0 Å². The number of anilines is 1. The summed E-state index contributed by atoms with van der Waals surface area (Å²) in [5.41, 5.74) is 1.87. The molecular weight excluding hydrogens is 473 g/mol. The van der Waals surface area contributed by atoms with Gasteiger partial charge in [0.2, 0.25) is 5.91 Å². The number of hydrogen-bond acceptors (Lipinski definition) is 6. The van der Waals surface area contributed by atoms with Gasteiger partial charge in [-0.05, 0) is 62.0 Å². The molecule has 2 aromatic carbocycles. The first-order chi connectivity index (χ1) is 16.8. The first kappa shape index (κ1) is 24.2. The van der Waals surface area contributed by atoms with Gasteiger partial charge in [-0.15, -0.1) is 0 Å². The Balaban J connectivity index is 1.59. The normalized spacial score (nSPS) is 15.6. The summed E-state index contributed by atoms with van der Waals surface area (Å²) in [5, 5.41) is 2.95. The predicted molar refractivity (Wildman–Crippen MR) is 131 cm³/mol. The fourth-order valence-corrected chi connectivity index (χ4v) is 4.63. The number of aromatic nitrogens is 1. The maximum Gasteiger partial charge on any atom is 0.329 e. The highest BCUT2D eigenvalue weighted by Gasteiger charge is 2.41. The number of imide groups is 1. The number of benzene rings is 2. The molecule has 1 aliphatic heterocycles. The van der Waals surface area contributed by atoms with E-state index in [4.69, 9.17) is 4.74 Å². The number of para-hydroxylation sites is 1. The third-order valence-electron chi connectivity index (χ3n) is 5.39. The van der Waals surface area contributed by atoms with E-state index in [1.54, 1.807) is 23.8 Å². The Morgan fingerprint density at radius 1 is 1.14 bits per heavy atom. The first-order valence-electron chi connectivity index (χ1n) is 10.9. The van der Waals surface area contributed by atoms with Gasteiger partial charge in [-0.1, -0.05) is 18.2 Å². The average molecular weight is 496 g/mol. The molecule has 8 nitrogen and oxygen atoms in total. The Hall–Kier alpha value is -3.92. The van der Waals surface area contributed by atoms with Crippen LogP contribution in [0.1, 0.15) is 19.4 Å². The lowest BCUT2D eigenvalue weighted by Gasteiger charge is -2.19. The molecule has 0 unspecified atom stereocenters. The summed E-state index contributed by atoms with van der Waals surface area (Å²) >= 11 is 0.747. The van der Waals surface area contributed by atoms with Gasteiger partial charge in [0.25, 0.3) is 11.1 Å². The Kier molecular flexibility index (Phi) is 7.02. The van der Waals surface area contributed by atoms with Crippen molar-refractivity contribution in [1.29, 1.82) is 0 Å². The fraction of sp³-hybridized carbons (Fsp3) is 0.200. The van der Waals surface area contributed by atoms with E-state index in [9.17, 15) is 23.6 Å². The number of esters is 1. The Morgan fingerprint density at radius 2 is 1.86 bits per heavy atom. The molecule has 0 spiro atoms. The van der Waals surface area contributed by atoms with E-state index < -0.39 is 29.0 Å². The van der Waals surface area contributed by atoms with Crippen LogP contribution in [-0.4, -0.2) is 45.1 Å². The molecule has 1 aromatic heterocycles. The number of carbonyl (C=O) groups is 4. The molecule has 0 bridgehead atoms. The smallest absolute Gasteiger partial charge is 0.329 e. The van der Waals surface area contributed by atoms with Gasteiger partial charge in [0, 0.05) is 28.4 Å². The Morgan fingerprint density at radius 3 is 2.57 bits per heavy atom. The summed E-state index contributed by atoms with van der Waals surface area (Å²) in [6.45, 7) is 3.22. The summed E-state index contributed by atoms with van der Waals surface area (Å²) in [6.07, 6.45) is 3.30. The predicted octanol–water partition coefficient (Wildman–Crippen LogP) is 4.41. The molecular formula is C25H22FN3O5S. The van der Waals surface area contributed by atoms with Gasteiger partial charge in [-0.25, -0.2) is 9.18 Å². The van der Waals surface area contributed by atoms with Crippen LogP contribution in [0, 0.1) is 5.82 Å². The number of thioether (sulfide) groups is 1. The van der Waals surface area contributed by atoms with E-state index in [0.717, 1.165) is 27.6 Å². The molecule has 1 aliphatic rings. The average Bonchev–Trinajstić information content (AvgIpc) is 3.31. The topological polar surface area (TPSA) is 97.7 Å². The number of fused-ring (bicyclic) bond motifs is 1. The number of halogens is 1. The second kappa shape index (κ2) is 10.1. The van der Waals surface area contributed by atoms with Crippen LogP contribution >= 0.6 is 11.8 Å². The maximum absolute atomic E-state index is 13.1. The van der Waals surface area contributed by atoms with Gasteiger partial charge in [0.1, 0.15) is 18.4 Å². The highest BCUT2D eigenvalue weighted by atomic mass is 32.2. The van der Waals surface area contributed by atoms with Gasteiger partial charge in [0.15, 0.2) is 0 Å².